The lowest BCUT2D eigenvalue weighted by atomic mass is 9.91. The normalized spacial score (nSPS) is 21.7. The molecular formula is C40H48O8. The Balaban J connectivity index is 1.45. The largest absolute Gasteiger partial charge is 0.387 e. The van der Waals surface area contributed by atoms with E-state index in [1.807, 2.05) is 135 Å². The summed E-state index contributed by atoms with van der Waals surface area (Å²) in [5.41, 5.74) is 3.99. The first-order valence-corrected chi connectivity index (χ1v) is 16.8. The molecule has 0 saturated carbocycles. The quantitative estimate of drug-likeness (QED) is 0.115. The highest BCUT2D eigenvalue weighted by molar-refractivity contribution is 5.16. The molecule has 1 fully saturated rings. The minimum atomic E-state index is -1.15. The third-order valence-electron chi connectivity index (χ3n) is 8.20. The second-order valence-corrected chi connectivity index (χ2v) is 11.7. The summed E-state index contributed by atoms with van der Waals surface area (Å²) in [4.78, 5) is 0. The van der Waals surface area contributed by atoms with Crippen molar-refractivity contribution in [1.82, 2.24) is 0 Å². The number of aliphatic hydroxyl groups is 1. The average molecular weight is 657 g/mol. The first-order valence-electron chi connectivity index (χ1n) is 16.8. The highest BCUT2D eigenvalue weighted by atomic mass is 16.7. The van der Waals surface area contributed by atoms with Crippen molar-refractivity contribution in [3.63, 3.8) is 0 Å². The maximum atomic E-state index is 12.2. The molecule has 1 N–H and O–H groups in total. The summed E-state index contributed by atoms with van der Waals surface area (Å²) in [7, 11) is 0. The Hall–Kier alpha value is -3.44. The van der Waals surface area contributed by atoms with Gasteiger partial charge in [0.25, 0.3) is 0 Å². The molecule has 0 aliphatic carbocycles. The van der Waals surface area contributed by atoms with Gasteiger partial charge in [0.2, 0.25) is 0 Å². The Morgan fingerprint density at radius 3 is 1.48 bits per heavy atom. The van der Waals surface area contributed by atoms with Crippen LogP contribution in [0.1, 0.15) is 36.1 Å². The molecule has 0 aromatic heterocycles. The van der Waals surface area contributed by atoms with Crippen molar-refractivity contribution in [2.24, 2.45) is 0 Å². The zero-order valence-corrected chi connectivity index (χ0v) is 27.8. The summed E-state index contributed by atoms with van der Waals surface area (Å²) in [6.07, 6.45) is -5.70. The smallest absolute Gasteiger partial charge is 0.186 e. The zero-order chi connectivity index (χ0) is 33.4. The fourth-order valence-corrected chi connectivity index (χ4v) is 5.82. The van der Waals surface area contributed by atoms with Crippen molar-refractivity contribution < 1.29 is 38.3 Å². The molecule has 6 atom stereocenters. The minimum absolute atomic E-state index is 0.197. The third-order valence-corrected chi connectivity index (χ3v) is 8.20. The molecule has 1 aliphatic rings. The van der Waals surface area contributed by atoms with Crippen LogP contribution in [0.5, 0.6) is 0 Å². The van der Waals surface area contributed by atoms with Crippen LogP contribution >= 0.6 is 0 Å². The second-order valence-electron chi connectivity index (χ2n) is 11.7. The van der Waals surface area contributed by atoms with Gasteiger partial charge in [-0.25, -0.2) is 0 Å². The van der Waals surface area contributed by atoms with E-state index in [-0.39, 0.29) is 19.8 Å². The van der Waals surface area contributed by atoms with Gasteiger partial charge < -0.3 is 38.3 Å². The Morgan fingerprint density at radius 1 is 0.562 bits per heavy atom. The van der Waals surface area contributed by atoms with Crippen molar-refractivity contribution in [3.8, 4) is 0 Å². The van der Waals surface area contributed by atoms with Crippen LogP contribution in [0.15, 0.2) is 121 Å². The number of benzene rings is 4. The summed E-state index contributed by atoms with van der Waals surface area (Å²) in [6.45, 7) is 6.02. The van der Waals surface area contributed by atoms with Crippen LogP contribution in [0.3, 0.4) is 0 Å². The maximum absolute atomic E-state index is 12.2. The number of aliphatic hydroxyl groups excluding tert-OH is 1. The van der Waals surface area contributed by atoms with Gasteiger partial charge >= 0.3 is 0 Å². The van der Waals surface area contributed by atoms with E-state index in [0.29, 0.717) is 26.4 Å². The molecule has 4 aromatic rings. The van der Waals surface area contributed by atoms with Gasteiger partial charge in [-0.05, 0) is 36.1 Å². The van der Waals surface area contributed by atoms with Crippen LogP contribution in [-0.2, 0) is 59.6 Å². The van der Waals surface area contributed by atoms with E-state index >= 15 is 0 Å². The van der Waals surface area contributed by atoms with E-state index in [4.69, 9.17) is 33.2 Å². The van der Waals surface area contributed by atoms with Crippen LogP contribution in [-0.4, -0.2) is 67.8 Å². The van der Waals surface area contributed by atoms with Crippen molar-refractivity contribution in [2.45, 2.75) is 83.2 Å². The SMILES string of the molecule is CCOC(OCC)[C@@H](OCc1ccccc1)[C@@H]1O[C@H](COCc2ccccc2)[C@H](OCc2ccccc2)[C@H](OCc2ccccc2)[C@H]1O. The Morgan fingerprint density at radius 2 is 1.00 bits per heavy atom. The van der Waals surface area contributed by atoms with Crippen molar-refractivity contribution in [2.75, 3.05) is 19.8 Å². The number of hydrogen-bond acceptors (Lipinski definition) is 8. The summed E-state index contributed by atoms with van der Waals surface area (Å²) < 4.78 is 44.8. The molecule has 0 amide bonds. The molecule has 48 heavy (non-hydrogen) atoms. The molecular weight excluding hydrogens is 608 g/mol. The minimum Gasteiger partial charge on any atom is -0.387 e. The molecule has 8 heteroatoms. The Bertz CT molecular complexity index is 1400. The standard InChI is InChI=1S/C40H48O8/c1-3-43-40(44-4-2)39(47-28-33-23-15-8-16-24-33)38-35(41)37(46-27-32-21-13-7-14-22-32)36(45-26-31-19-11-6-12-20-31)34(48-38)29-42-25-30-17-9-5-10-18-30/h5-24,34-41H,3-4,25-29H2,1-2H3/t34-,35-,36+,37-,38-,39+/m1/s1. The summed E-state index contributed by atoms with van der Waals surface area (Å²) in [6, 6.07) is 39.7. The van der Waals surface area contributed by atoms with Gasteiger partial charge in [-0.1, -0.05) is 121 Å². The number of rotatable bonds is 19. The molecule has 5 rings (SSSR count). The zero-order valence-electron chi connectivity index (χ0n) is 27.8. The molecule has 1 aliphatic heterocycles. The van der Waals surface area contributed by atoms with E-state index in [9.17, 15) is 5.11 Å². The predicted molar refractivity (Wildman–Crippen MR) is 183 cm³/mol. The van der Waals surface area contributed by atoms with Crippen LogP contribution < -0.4 is 0 Å². The number of ether oxygens (including phenoxy) is 7. The van der Waals surface area contributed by atoms with Crippen LogP contribution in [0.25, 0.3) is 0 Å². The lowest BCUT2D eigenvalue weighted by Gasteiger charge is -2.47. The molecule has 1 heterocycles. The van der Waals surface area contributed by atoms with Gasteiger partial charge in [0.1, 0.15) is 36.6 Å². The van der Waals surface area contributed by atoms with E-state index in [0.717, 1.165) is 22.3 Å². The van der Waals surface area contributed by atoms with Gasteiger partial charge in [-0.15, -0.1) is 0 Å². The van der Waals surface area contributed by atoms with Gasteiger partial charge in [-0.3, -0.25) is 0 Å². The third kappa shape index (κ3) is 10.5. The van der Waals surface area contributed by atoms with Gasteiger partial charge in [0.15, 0.2) is 6.29 Å². The van der Waals surface area contributed by atoms with Crippen LogP contribution in [0.4, 0.5) is 0 Å². The molecule has 0 unspecified atom stereocenters. The fourth-order valence-electron chi connectivity index (χ4n) is 5.82. The van der Waals surface area contributed by atoms with Crippen molar-refractivity contribution in [3.05, 3.63) is 144 Å². The van der Waals surface area contributed by atoms with Crippen molar-refractivity contribution >= 4 is 0 Å². The summed E-state index contributed by atoms with van der Waals surface area (Å²) >= 11 is 0. The number of hydrogen-bond donors (Lipinski definition) is 1. The van der Waals surface area contributed by atoms with E-state index in [1.54, 1.807) is 0 Å². The first kappa shape index (κ1) is 35.9. The monoisotopic (exact) mass is 656 g/mol. The van der Waals surface area contributed by atoms with E-state index in [1.165, 1.54) is 0 Å². The summed E-state index contributed by atoms with van der Waals surface area (Å²) in [5, 5.41) is 12.2. The van der Waals surface area contributed by atoms with Gasteiger partial charge in [0, 0.05) is 13.2 Å². The Labute approximate surface area is 284 Å². The maximum Gasteiger partial charge on any atom is 0.186 e. The molecule has 1 saturated heterocycles. The highest BCUT2D eigenvalue weighted by Gasteiger charge is 2.51. The molecule has 0 radical (unpaired) electrons. The topological polar surface area (TPSA) is 84.8 Å². The first-order chi connectivity index (χ1) is 23.7. The van der Waals surface area contributed by atoms with Crippen LogP contribution in [0.2, 0.25) is 0 Å². The summed E-state index contributed by atoms with van der Waals surface area (Å²) in [5.74, 6) is 0. The van der Waals surface area contributed by atoms with E-state index < -0.39 is 42.9 Å². The van der Waals surface area contributed by atoms with Crippen LogP contribution in [0, 0.1) is 0 Å². The highest BCUT2D eigenvalue weighted by Crippen LogP contribution is 2.33. The van der Waals surface area contributed by atoms with Crippen molar-refractivity contribution in [1.29, 1.82) is 0 Å². The molecule has 0 spiro atoms. The van der Waals surface area contributed by atoms with E-state index in [2.05, 4.69) is 0 Å². The molecule has 0 bridgehead atoms. The fraction of sp³-hybridized carbons (Fsp3) is 0.400. The lowest BCUT2D eigenvalue weighted by Crippen LogP contribution is -2.65. The molecule has 256 valence electrons. The molecule has 4 aromatic carbocycles. The molecule has 8 nitrogen and oxygen atoms in total. The van der Waals surface area contributed by atoms with Gasteiger partial charge in [0.05, 0.1) is 33.0 Å². The second kappa shape index (κ2) is 19.5. The Kier molecular flexibility index (Phi) is 14.6. The lowest BCUT2D eigenvalue weighted by molar-refractivity contribution is -0.308. The predicted octanol–water partition coefficient (Wildman–Crippen LogP) is 6.49. The average Bonchev–Trinajstić information content (AvgIpc) is 3.13. The van der Waals surface area contributed by atoms with Gasteiger partial charge in [-0.2, -0.15) is 0 Å².